The van der Waals surface area contributed by atoms with E-state index in [9.17, 15) is 9.59 Å². The molecule has 0 saturated carbocycles. The van der Waals surface area contributed by atoms with Gasteiger partial charge in [0.15, 0.2) is 0 Å². The van der Waals surface area contributed by atoms with Gasteiger partial charge in [0.05, 0.1) is 6.04 Å². The summed E-state index contributed by atoms with van der Waals surface area (Å²) < 4.78 is 11.4. The maximum atomic E-state index is 12.6. The summed E-state index contributed by atoms with van der Waals surface area (Å²) in [5, 5.41) is 2.86. The van der Waals surface area contributed by atoms with E-state index in [-0.39, 0.29) is 30.0 Å². The predicted octanol–water partition coefficient (Wildman–Crippen LogP) is 2.37. The minimum atomic E-state index is -0.269. The highest BCUT2D eigenvalue weighted by Gasteiger charge is 2.35. The molecule has 0 bridgehead atoms. The first-order valence-corrected chi connectivity index (χ1v) is 9.50. The molecule has 26 heavy (non-hydrogen) atoms. The van der Waals surface area contributed by atoms with Crippen molar-refractivity contribution in [3.8, 4) is 5.75 Å². The van der Waals surface area contributed by atoms with Crippen molar-refractivity contribution in [1.29, 1.82) is 0 Å². The SMILES string of the molecule is CC(C)NC(=O)c1ccc(OC[C@H]2CCCN2C(=O)[C@@H]2CCCO2)cc1. The van der Waals surface area contributed by atoms with Gasteiger partial charge < -0.3 is 19.7 Å². The van der Waals surface area contributed by atoms with E-state index in [0.29, 0.717) is 24.5 Å². The van der Waals surface area contributed by atoms with Crippen LogP contribution in [0.5, 0.6) is 5.75 Å². The molecule has 0 aliphatic carbocycles. The third kappa shape index (κ3) is 4.55. The number of nitrogens with zero attached hydrogens (tertiary/aromatic N) is 1. The Hall–Kier alpha value is -2.08. The Labute approximate surface area is 154 Å². The van der Waals surface area contributed by atoms with Gasteiger partial charge in [0.1, 0.15) is 18.5 Å². The number of ether oxygens (including phenoxy) is 2. The molecule has 2 amide bonds. The molecular formula is C20H28N2O4. The van der Waals surface area contributed by atoms with Crippen molar-refractivity contribution in [2.45, 2.75) is 57.7 Å². The molecule has 6 heteroatoms. The van der Waals surface area contributed by atoms with Crippen LogP contribution in [-0.4, -0.2) is 54.7 Å². The van der Waals surface area contributed by atoms with Crippen LogP contribution in [0.25, 0.3) is 0 Å². The molecule has 2 aliphatic heterocycles. The zero-order valence-corrected chi connectivity index (χ0v) is 15.6. The minimum absolute atomic E-state index is 0.0873. The van der Waals surface area contributed by atoms with Gasteiger partial charge in [-0.15, -0.1) is 0 Å². The summed E-state index contributed by atoms with van der Waals surface area (Å²) in [5.74, 6) is 0.729. The van der Waals surface area contributed by atoms with Crippen molar-refractivity contribution < 1.29 is 19.1 Å². The molecule has 0 unspecified atom stereocenters. The summed E-state index contributed by atoms with van der Waals surface area (Å²) in [4.78, 5) is 26.5. The van der Waals surface area contributed by atoms with Crippen molar-refractivity contribution in [3.63, 3.8) is 0 Å². The molecule has 2 fully saturated rings. The maximum absolute atomic E-state index is 12.6. The average molecular weight is 360 g/mol. The monoisotopic (exact) mass is 360 g/mol. The fourth-order valence-corrected chi connectivity index (χ4v) is 3.50. The lowest BCUT2D eigenvalue weighted by atomic mass is 10.2. The second kappa shape index (κ2) is 8.54. The second-order valence-corrected chi connectivity index (χ2v) is 7.29. The van der Waals surface area contributed by atoms with Gasteiger partial charge in [-0.05, 0) is 63.8 Å². The number of carbonyl (C=O) groups excluding carboxylic acids is 2. The van der Waals surface area contributed by atoms with Gasteiger partial charge in [-0.3, -0.25) is 9.59 Å². The quantitative estimate of drug-likeness (QED) is 0.846. The van der Waals surface area contributed by atoms with E-state index in [1.165, 1.54) is 0 Å². The van der Waals surface area contributed by atoms with Crippen LogP contribution in [0.1, 0.15) is 49.9 Å². The van der Waals surface area contributed by atoms with E-state index < -0.39 is 0 Å². The summed E-state index contributed by atoms with van der Waals surface area (Å²) in [6.45, 7) is 5.79. The van der Waals surface area contributed by atoms with Crippen LogP contribution in [0.2, 0.25) is 0 Å². The topological polar surface area (TPSA) is 67.9 Å². The zero-order valence-electron chi connectivity index (χ0n) is 15.6. The van der Waals surface area contributed by atoms with Crippen molar-refractivity contribution in [2.75, 3.05) is 19.8 Å². The smallest absolute Gasteiger partial charge is 0.252 e. The van der Waals surface area contributed by atoms with Crippen LogP contribution in [0, 0.1) is 0 Å². The standard InChI is InChI=1S/C20H28N2O4/c1-14(2)21-19(23)15-7-9-17(10-8-15)26-13-16-5-3-11-22(16)20(24)18-6-4-12-25-18/h7-10,14,16,18H,3-6,11-13H2,1-2H3,(H,21,23)/t16-,18+/m1/s1. The number of carbonyl (C=O) groups is 2. The average Bonchev–Trinajstić information content (AvgIpc) is 3.31. The lowest BCUT2D eigenvalue weighted by molar-refractivity contribution is -0.142. The molecule has 6 nitrogen and oxygen atoms in total. The van der Waals surface area contributed by atoms with E-state index in [2.05, 4.69) is 5.32 Å². The van der Waals surface area contributed by atoms with Gasteiger partial charge in [-0.1, -0.05) is 0 Å². The number of benzene rings is 1. The number of hydrogen-bond acceptors (Lipinski definition) is 4. The van der Waals surface area contributed by atoms with Crippen LogP contribution in [0.3, 0.4) is 0 Å². The Kier molecular flexibility index (Phi) is 6.14. The molecule has 0 aromatic heterocycles. The van der Waals surface area contributed by atoms with E-state index in [4.69, 9.17) is 9.47 Å². The van der Waals surface area contributed by atoms with Crippen LogP contribution < -0.4 is 10.1 Å². The first-order valence-electron chi connectivity index (χ1n) is 9.50. The van der Waals surface area contributed by atoms with Crippen LogP contribution in [0.15, 0.2) is 24.3 Å². The molecule has 142 valence electrons. The Morgan fingerprint density at radius 3 is 2.65 bits per heavy atom. The van der Waals surface area contributed by atoms with E-state index in [0.717, 1.165) is 32.2 Å². The Morgan fingerprint density at radius 1 is 1.23 bits per heavy atom. The van der Waals surface area contributed by atoms with Crippen LogP contribution >= 0.6 is 0 Å². The normalized spacial score (nSPS) is 22.7. The Balaban J connectivity index is 1.53. The molecule has 2 heterocycles. The second-order valence-electron chi connectivity index (χ2n) is 7.29. The summed E-state index contributed by atoms with van der Waals surface area (Å²) >= 11 is 0. The van der Waals surface area contributed by atoms with Gasteiger partial charge in [0.25, 0.3) is 11.8 Å². The van der Waals surface area contributed by atoms with Gasteiger partial charge in [-0.25, -0.2) is 0 Å². The van der Waals surface area contributed by atoms with Gasteiger partial charge in [0, 0.05) is 24.8 Å². The first kappa shape index (κ1) is 18.7. The highest BCUT2D eigenvalue weighted by atomic mass is 16.5. The largest absolute Gasteiger partial charge is 0.491 e. The summed E-state index contributed by atoms with van der Waals surface area (Å²) in [6.07, 6.45) is 3.47. The third-order valence-electron chi connectivity index (χ3n) is 4.84. The number of nitrogens with one attached hydrogen (secondary N) is 1. The van der Waals surface area contributed by atoms with E-state index in [1.807, 2.05) is 18.7 Å². The van der Waals surface area contributed by atoms with Gasteiger partial charge >= 0.3 is 0 Å². The minimum Gasteiger partial charge on any atom is -0.491 e. The lowest BCUT2D eigenvalue weighted by Crippen LogP contribution is -2.44. The number of rotatable bonds is 6. The van der Waals surface area contributed by atoms with E-state index in [1.54, 1.807) is 24.3 Å². The molecule has 2 aliphatic rings. The van der Waals surface area contributed by atoms with Crippen molar-refractivity contribution in [2.24, 2.45) is 0 Å². The third-order valence-corrected chi connectivity index (χ3v) is 4.84. The summed E-state index contributed by atoms with van der Waals surface area (Å²) in [6, 6.07) is 7.32. The van der Waals surface area contributed by atoms with E-state index >= 15 is 0 Å². The highest BCUT2D eigenvalue weighted by molar-refractivity contribution is 5.94. The van der Waals surface area contributed by atoms with Crippen LogP contribution in [-0.2, 0) is 9.53 Å². The predicted molar refractivity (Wildman–Crippen MR) is 98.2 cm³/mol. The maximum Gasteiger partial charge on any atom is 0.252 e. The summed E-state index contributed by atoms with van der Waals surface area (Å²) in [5.41, 5.74) is 0.613. The zero-order chi connectivity index (χ0) is 18.5. The van der Waals surface area contributed by atoms with Crippen molar-refractivity contribution >= 4 is 11.8 Å². The molecule has 3 rings (SSSR count). The molecule has 2 saturated heterocycles. The highest BCUT2D eigenvalue weighted by Crippen LogP contribution is 2.23. The van der Waals surface area contributed by atoms with Crippen molar-refractivity contribution in [3.05, 3.63) is 29.8 Å². The fraction of sp³-hybridized carbons (Fsp3) is 0.600. The Morgan fingerprint density at radius 2 is 2.00 bits per heavy atom. The number of hydrogen-bond donors (Lipinski definition) is 1. The van der Waals surface area contributed by atoms with Gasteiger partial charge in [-0.2, -0.15) is 0 Å². The fourth-order valence-electron chi connectivity index (χ4n) is 3.50. The lowest BCUT2D eigenvalue weighted by Gasteiger charge is -2.27. The Bertz CT molecular complexity index is 623. The molecule has 0 radical (unpaired) electrons. The summed E-state index contributed by atoms with van der Waals surface area (Å²) in [7, 11) is 0. The molecule has 0 spiro atoms. The molecular weight excluding hydrogens is 332 g/mol. The van der Waals surface area contributed by atoms with Crippen molar-refractivity contribution in [1.82, 2.24) is 10.2 Å². The van der Waals surface area contributed by atoms with Gasteiger partial charge in [0.2, 0.25) is 0 Å². The number of amides is 2. The van der Waals surface area contributed by atoms with Crippen LogP contribution in [0.4, 0.5) is 0 Å². The number of likely N-dealkylation sites (tertiary alicyclic amines) is 1. The molecule has 1 N–H and O–H groups in total. The molecule has 2 atom stereocenters. The first-order chi connectivity index (χ1) is 12.5. The molecule has 1 aromatic rings. The molecule has 1 aromatic carbocycles.